The van der Waals surface area contributed by atoms with Gasteiger partial charge in [-0.05, 0) is 42.0 Å². The van der Waals surface area contributed by atoms with Gasteiger partial charge in [0.25, 0.3) is 0 Å². The molecule has 0 aliphatic carbocycles. The third-order valence-corrected chi connectivity index (χ3v) is 8.10. The van der Waals surface area contributed by atoms with Gasteiger partial charge in [-0.2, -0.15) is 0 Å². The van der Waals surface area contributed by atoms with Crippen LogP contribution in [0.25, 0.3) is 0 Å². The summed E-state index contributed by atoms with van der Waals surface area (Å²) in [5.74, 6) is -0.674. The number of carbonyl (C=O) groups is 2. The molecular formula is C32H41N3O4S. The number of hydrogen-bond donors (Lipinski definition) is 1. The van der Waals surface area contributed by atoms with Gasteiger partial charge in [-0.25, -0.2) is 8.42 Å². The molecule has 0 fully saturated rings. The Morgan fingerprint density at radius 1 is 0.825 bits per heavy atom. The van der Waals surface area contributed by atoms with Crippen LogP contribution in [0.5, 0.6) is 0 Å². The van der Waals surface area contributed by atoms with E-state index in [0.717, 1.165) is 33.7 Å². The highest BCUT2D eigenvalue weighted by molar-refractivity contribution is 7.92. The Labute approximate surface area is 239 Å². The van der Waals surface area contributed by atoms with Gasteiger partial charge in [0.15, 0.2) is 0 Å². The van der Waals surface area contributed by atoms with Crippen LogP contribution in [-0.2, 0) is 32.6 Å². The quantitative estimate of drug-likeness (QED) is 0.312. The number of amides is 2. The first kappa shape index (κ1) is 30.9. The molecule has 0 aliphatic heterocycles. The van der Waals surface area contributed by atoms with Crippen molar-refractivity contribution < 1.29 is 18.0 Å². The van der Waals surface area contributed by atoms with Gasteiger partial charge >= 0.3 is 0 Å². The Hall–Kier alpha value is -3.65. The molecule has 0 unspecified atom stereocenters. The molecule has 2 atom stereocenters. The molecule has 0 heterocycles. The lowest BCUT2D eigenvalue weighted by Crippen LogP contribution is -2.54. The summed E-state index contributed by atoms with van der Waals surface area (Å²) in [7, 11) is -3.82. The largest absolute Gasteiger partial charge is 0.352 e. The van der Waals surface area contributed by atoms with Crippen molar-refractivity contribution in [3.63, 3.8) is 0 Å². The minimum Gasteiger partial charge on any atom is -0.352 e. The molecule has 1 N–H and O–H groups in total. The molecule has 214 valence electrons. The van der Waals surface area contributed by atoms with Crippen LogP contribution in [0.2, 0.25) is 0 Å². The third kappa shape index (κ3) is 8.42. The lowest BCUT2D eigenvalue weighted by atomic mass is 10.0. The number of anilines is 1. The van der Waals surface area contributed by atoms with Crippen molar-refractivity contribution in [2.45, 2.75) is 65.1 Å². The average molecular weight is 564 g/mol. The fourth-order valence-electron chi connectivity index (χ4n) is 4.57. The summed E-state index contributed by atoms with van der Waals surface area (Å²) in [6.07, 6.45) is 2.14. The molecule has 0 spiro atoms. The first-order valence-corrected chi connectivity index (χ1v) is 15.6. The molecule has 3 aromatic carbocycles. The lowest BCUT2D eigenvalue weighted by Gasteiger charge is -2.34. The molecule has 3 rings (SSSR count). The Bertz CT molecular complexity index is 1360. The number of sulfonamides is 1. The maximum absolute atomic E-state index is 14.2. The maximum Gasteiger partial charge on any atom is 0.244 e. The summed E-state index contributed by atoms with van der Waals surface area (Å²) in [5.41, 5.74) is 3.05. The molecule has 0 aliphatic rings. The molecule has 2 amide bonds. The van der Waals surface area contributed by atoms with E-state index < -0.39 is 28.5 Å². The molecule has 0 aromatic heterocycles. The Kier molecular flexibility index (Phi) is 10.9. The molecule has 7 nitrogen and oxygen atoms in total. The zero-order valence-electron chi connectivity index (χ0n) is 24.1. The number of rotatable bonds is 13. The molecule has 0 saturated heterocycles. The number of hydrogen-bond acceptors (Lipinski definition) is 4. The summed E-state index contributed by atoms with van der Waals surface area (Å²) < 4.78 is 27.3. The fraction of sp³-hybridized carbons (Fsp3) is 0.375. The summed E-state index contributed by atoms with van der Waals surface area (Å²) >= 11 is 0. The Morgan fingerprint density at radius 2 is 1.38 bits per heavy atom. The van der Waals surface area contributed by atoms with Gasteiger partial charge in [0.2, 0.25) is 21.8 Å². The minimum atomic E-state index is -3.82. The van der Waals surface area contributed by atoms with Gasteiger partial charge < -0.3 is 10.2 Å². The van der Waals surface area contributed by atoms with E-state index in [1.54, 1.807) is 12.1 Å². The van der Waals surface area contributed by atoms with E-state index in [4.69, 9.17) is 0 Å². The summed E-state index contributed by atoms with van der Waals surface area (Å²) in [5, 5.41) is 3.05. The van der Waals surface area contributed by atoms with E-state index in [2.05, 4.69) is 5.32 Å². The minimum absolute atomic E-state index is 0.0445. The molecular weight excluding hydrogens is 522 g/mol. The first-order valence-electron chi connectivity index (χ1n) is 13.8. The summed E-state index contributed by atoms with van der Waals surface area (Å²) in [6, 6.07) is 25.3. The van der Waals surface area contributed by atoms with E-state index in [1.165, 1.54) is 4.90 Å². The van der Waals surface area contributed by atoms with Gasteiger partial charge in [0, 0.05) is 19.0 Å². The number of benzene rings is 3. The highest BCUT2D eigenvalue weighted by atomic mass is 32.2. The second kappa shape index (κ2) is 14.1. The number of para-hydroxylation sites is 1. The predicted molar refractivity (Wildman–Crippen MR) is 162 cm³/mol. The lowest BCUT2D eigenvalue weighted by molar-refractivity contribution is -0.140. The van der Waals surface area contributed by atoms with Gasteiger partial charge in [-0.15, -0.1) is 0 Å². The monoisotopic (exact) mass is 563 g/mol. The average Bonchev–Trinajstić information content (AvgIpc) is 2.93. The molecule has 3 aromatic rings. The number of carbonyl (C=O) groups excluding carboxylic acids is 2. The van der Waals surface area contributed by atoms with E-state index in [9.17, 15) is 18.0 Å². The standard InChI is InChI=1S/C32H41N3O4S/c1-6-25(4)33-32(37)30(21-26-15-9-7-10-16-26)34(22-27-17-11-8-12-18-27)31(36)23-35(40(5,38)39)29-20-14-13-19-28(29)24(2)3/h7-20,24-25,30H,6,21-23H2,1-5H3,(H,33,37)/t25-,30-/m1/s1. The smallest absolute Gasteiger partial charge is 0.244 e. The highest BCUT2D eigenvalue weighted by Crippen LogP contribution is 2.29. The van der Waals surface area contributed by atoms with Gasteiger partial charge in [-0.1, -0.05) is 99.6 Å². The fourth-order valence-corrected chi connectivity index (χ4v) is 5.44. The third-order valence-electron chi connectivity index (χ3n) is 6.97. The van der Waals surface area contributed by atoms with Crippen LogP contribution in [0, 0.1) is 0 Å². The maximum atomic E-state index is 14.2. The zero-order valence-corrected chi connectivity index (χ0v) is 24.9. The van der Waals surface area contributed by atoms with Crippen LogP contribution in [0.3, 0.4) is 0 Å². The van der Waals surface area contributed by atoms with Crippen LogP contribution >= 0.6 is 0 Å². The molecule has 8 heteroatoms. The van der Waals surface area contributed by atoms with Gasteiger partial charge in [0.05, 0.1) is 11.9 Å². The van der Waals surface area contributed by atoms with E-state index in [-0.39, 0.29) is 24.4 Å². The van der Waals surface area contributed by atoms with Crippen molar-refractivity contribution in [2.24, 2.45) is 0 Å². The molecule has 40 heavy (non-hydrogen) atoms. The van der Waals surface area contributed by atoms with Crippen molar-refractivity contribution in [3.05, 3.63) is 102 Å². The van der Waals surface area contributed by atoms with Crippen molar-refractivity contribution in [2.75, 3.05) is 17.1 Å². The van der Waals surface area contributed by atoms with E-state index >= 15 is 0 Å². The summed E-state index contributed by atoms with van der Waals surface area (Å²) in [6.45, 7) is 7.62. The number of nitrogens with zero attached hydrogens (tertiary/aromatic N) is 2. The van der Waals surface area contributed by atoms with Crippen LogP contribution in [0.1, 0.15) is 56.7 Å². The number of nitrogens with one attached hydrogen (secondary N) is 1. The molecule has 0 radical (unpaired) electrons. The van der Waals surface area contributed by atoms with E-state index in [1.807, 2.05) is 100 Å². The highest BCUT2D eigenvalue weighted by Gasteiger charge is 2.34. The SMILES string of the molecule is CC[C@@H](C)NC(=O)[C@@H](Cc1ccccc1)N(Cc1ccccc1)C(=O)CN(c1ccccc1C(C)C)S(C)(=O)=O. The van der Waals surface area contributed by atoms with Crippen molar-refractivity contribution in [1.82, 2.24) is 10.2 Å². The predicted octanol–water partition coefficient (Wildman–Crippen LogP) is 5.13. The summed E-state index contributed by atoms with van der Waals surface area (Å²) in [4.78, 5) is 29.4. The molecule has 0 saturated carbocycles. The second-order valence-electron chi connectivity index (χ2n) is 10.5. The topological polar surface area (TPSA) is 86.8 Å². The van der Waals surface area contributed by atoms with Gasteiger partial charge in [-0.3, -0.25) is 13.9 Å². The Morgan fingerprint density at radius 3 is 1.93 bits per heavy atom. The van der Waals surface area contributed by atoms with Crippen LogP contribution in [0.15, 0.2) is 84.9 Å². The normalized spacial score (nSPS) is 12.9. The van der Waals surface area contributed by atoms with Crippen LogP contribution < -0.4 is 9.62 Å². The second-order valence-corrected chi connectivity index (χ2v) is 12.4. The van der Waals surface area contributed by atoms with Crippen molar-refractivity contribution >= 4 is 27.5 Å². The first-order chi connectivity index (χ1) is 19.0. The van der Waals surface area contributed by atoms with Crippen LogP contribution in [-0.4, -0.2) is 50.0 Å². The van der Waals surface area contributed by atoms with Crippen molar-refractivity contribution in [1.29, 1.82) is 0 Å². The van der Waals surface area contributed by atoms with Crippen LogP contribution in [0.4, 0.5) is 5.69 Å². The Balaban J connectivity index is 2.08. The van der Waals surface area contributed by atoms with E-state index in [0.29, 0.717) is 12.1 Å². The zero-order chi connectivity index (χ0) is 29.3. The molecule has 0 bridgehead atoms. The van der Waals surface area contributed by atoms with Gasteiger partial charge in [0.1, 0.15) is 12.6 Å². The van der Waals surface area contributed by atoms with Crippen molar-refractivity contribution in [3.8, 4) is 0 Å².